The van der Waals surface area contributed by atoms with Crippen molar-refractivity contribution in [2.75, 3.05) is 19.7 Å². The van der Waals surface area contributed by atoms with Crippen LogP contribution in [0.4, 0.5) is 4.79 Å². The number of nitrogens with two attached hydrogens (primary N) is 1. The van der Waals surface area contributed by atoms with Gasteiger partial charge in [-0.25, -0.2) is 4.79 Å². The fourth-order valence-corrected chi connectivity index (χ4v) is 2.56. The second kappa shape index (κ2) is 7.02. The quantitative estimate of drug-likeness (QED) is 0.858. The summed E-state index contributed by atoms with van der Waals surface area (Å²) in [7, 11) is 0. The highest BCUT2D eigenvalue weighted by atomic mass is 79.9. The van der Waals surface area contributed by atoms with Gasteiger partial charge in [0.2, 0.25) is 5.91 Å². The van der Waals surface area contributed by atoms with E-state index in [0.29, 0.717) is 19.7 Å². The van der Waals surface area contributed by atoms with Crippen LogP contribution < -0.4 is 11.1 Å². The molecule has 0 aromatic heterocycles. The van der Waals surface area contributed by atoms with Gasteiger partial charge in [-0.1, -0.05) is 28.1 Å². The Bertz CT molecular complexity index is 521. The number of morpholine rings is 1. The summed E-state index contributed by atoms with van der Waals surface area (Å²) in [6.07, 6.45) is -0.0873. The molecule has 7 heteroatoms. The number of amides is 3. The Morgan fingerprint density at radius 1 is 1.43 bits per heavy atom. The minimum Gasteiger partial charge on any atom is -0.371 e. The second-order valence-electron chi connectivity index (χ2n) is 4.94. The molecule has 2 rings (SSSR count). The Balaban J connectivity index is 2.01. The molecule has 1 aliphatic heterocycles. The number of nitrogens with zero attached hydrogens (tertiary/aromatic N) is 1. The average molecular weight is 356 g/mol. The number of carbonyl (C=O) groups excluding carboxylic acids is 2. The first kappa shape index (κ1) is 15.9. The topological polar surface area (TPSA) is 84.7 Å². The average Bonchev–Trinajstić information content (AvgIpc) is 2.46. The van der Waals surface area contributed by atoms with Crippen LogP contribution in [-0.2, 0) is 9.53 Å². The number of hydrogen-bond acceptors (Lipinski definition) is 4. The lowest BCUT2D eigenvalue weighted by Gasteiger charge is -2.36. The van der Waals surface area contributed by atoms with Gasteiger partial charge in [-0.15, -0.1) is 0 Å². The van der Waals surface area contributed by atoms with E-state index in [-0.39, 0.29) is 12.0 Å². The highest BCUT2D eigenvalue weighted by molar-refractivity contribution is 9.10. The lowest BCUT2D eigenvalue weighted by molar-refractivity contribution is -0.128. The molecule has 6 nitrogen and oxygen atoms in total. The Morgan fingerprint density at radius 3 is 2.71 bits per heavy atom. The van der Waals surface area contributed by atoms with Crippen LogP contribution in [-0.4, -0.2) is 42.6 Å². The lowest BCUT2D eigenvalue weighted by Crippen LogP contribution is -2.52. The molecule has 21 heavy (non-hydrogen) atoms. The van der Waals surface area contributed by atoms with Crippen molar-refractivity contribution in [2.24, 2.45) is 5.73 Å². The molecule has 114 valence electrons. The van der Waals surface area contributed by atoms with Crippen LogP contribution in [0.2, 0.25) is 0 Å². The third-order valence-electron chi connectivity index (χ3n) is 3.51. The molecule has 1 aromatic rings. The molecule has 1 heterocycles. The first-order valence-corrected chi connectivity index (χ1v) is 7.48. The number of ether oxygens (including phenoxy) is 1. The number of hydrogen-bond donors (Lipinski definition) is 2. The summed E-state index contributed by atoms with van der Waals surface area (Å²) in [5.74, 6) is -0.390. The zero-order valence-corrected chi connectivity index (χ0v) is 13.3. The molecule has 0 saturated carbocycles. The normalized spacial score (nSPS) is 20.8. The van der Waals surface area contributed by atoms with E-state index in [1.165, 1.54) is 0 Å². The van der Waals surface area contributed by atoms with Crippen molar-refractivity contribution >= 4 is 27.9 Å². The van der Waals surface area contributed by atoms with E-state index in [1.54, 1.807) is 6.92 Å². The summed E-state index contributed by atoms with van der Waals surface area (Å²) >= 11 is 3.40. The molecule has 1 saturated heterocycles. The maximum absolute atomic E-state index is 11.8. The van der Waals surface area contributed by atoms with Gasteiger partial charge in [-0.05, 0) is 24.6 Å². The fourth-order valence-electron chi connectivity index (χ4n) is 2.29. The first-order chi connectivity index (χ1) is 9.97. The fraction of sp³-hybridized carbons (Fsp3) is 0.429. The van der Waals surface area contributed by atoms with Crippen molar-refractivity contribution in [3.8, 4) is 0 Å². The summed E-state index contributed by atoms with van der Waals surface area (Å²) < 4.78 is 6.77. The summed E-state index contributed by atoms with van der Waals surface area (Å²) in [6, 6.07) is 6.64. The van der Waals surface area contributed by atoms with Crippen molar-refractivity contribution in [2.45, 2.75) is 19.1 Å². The predicted octanol–water partition coefficient (Wildman–Crippen LogP) is 1.41. The van der Waals surface area contributed by atoms with E-state index in [0.717, 1.165) is 10.0 Å². The molecule has 0 bridgehead atoms. The Kier molecular flexibility index (Phi) is 5.33. The van der Waals surface area contributed by atoms with Gasteiger partial charge in [0.1, 0.15) is 0 Å². The summed E-state index contributed by atoms with van der Waals surface area (Å²) in [4.78, 5) is 24.6. The number of urea groups is 1. The van der Waals surface area contributed by atoms with Gasteiger partial charge in [-0.3, -0.25) is 15.0 Å². The monoisotopic (exact) mass is 355 g/mol. The van der Waals surface area contributed by atoms with Crippen molar-refractivity contribution < 1.29 is 14.3 Å². The van der Waals surface area contributed by atoms with Gasteiger partial charge in [0.25, 0.3) is 0 Å². The van der Waals surface area contributed by atoms with Gasteiger partial charge in [-0.2, -0.15) is 0 Å². The number of nitrogens with one attached hydrogen (secondary N) is 1. The number of halogens is 1. The standard InChI is InChI=1S/C14H18BrN3O3/c1-9(13(19)17-14(16)20)18-6-7-21-12(8-18)10-2-4-11(15)5-3-10/h2-5,9,12H,6-8H2,1H3,(H3,16,17,19,20). The van der Waals surface area contributed by atoms with Gasteiger partial charge in [0.05, 0.1) is 18.8 Å². The molecule has 1 aromatic carbocycles. The third kappa shape index (κ3) is 4.26. The molecule has 0 aliphatic carbocycles. The minimum absolute atomic E-state index is 0.0873. The van der Waals surface area contributed by atoms with Crippen molar-refractivity contribution in [1.82, 2.24) is 10.2 Å². The van der Waals surface area contributed by atoms with E-state index in [4.69, 9.17) is 10.5 Å². The van der Waals surface area contributed by atoms with Gasteiger partial charge < -0.3 is 10.5 Å². The minimum atomic E-state index is -0.829. The smallest absolute Gasteiger partial charge is 0.318 e. The maximum Gasteiger partial charge on any atom is 0.318 e. The van der Waals surface area contributed by atoms with Crippen LogP contribution in [0.5, 0.6) is 0 Å². The SMILES string of the molecule is CC(C(=O)NC(N)=O)N1CCOC(c2ccc(Br)cc2)C1. The van der Waals surface area contributed by atoms with Crippen LogP contribution in [0, 0.1) is 0 Å². The molecule has 0 radical (unpaired) electrons. The lowest BCUT2D eigenvalue weighted by atomic mass is 10.1. The van der Waals surface area contributed by atoms with Crippen LogP contribution in [0.15, 0.2) is 28.7 Å². The highest BCUT2D eigenvalue weighted by Gasteiger charge is 2.29. The Labute approximate surface area is 131 Å². The largest absolute Gasteiger partial charge is 0.371 e. The second-order valence-corrected chi connectivity index (χ2v) is 5.85. The summed E-state index contributed by atoms with van der Waals surface area (Å²) in [5.41, 5.74) is 6.04. The van der Waals surface area contributed by atoms with Crippen LogP contribution in [0.3, 0.4) is 0 Å². The van der Waals surface area contributed by atoms with Crippen LogP contribution >= 0.6 is 15.9 Å². The van der Waals surface area contributed by atoms with Gasteiger partial charge >= 0.3 is 6.03 Å². The Morgan fingerprint density at radius 2 is 2.10 bits per heavy atom. The predicted molar refractivity (Wildman–Crippen MR) is 81.6 cm³/mol. The van der Waals surface area contributed by atoms with Crippen molar-refractivity contribution in [3.05, 3.63) is 34.3 Å². The molecule has 1 aliphatic rings. The van der Waals surface area contributed by atoms with Crippen LogP contribution in [0.25, 0.3) is 0 Å². The molecule has 3 N–H and O–H groups in total. The summed E-state index contributed by atoms with van der Waals surface area (Å²) in [6.45, 7) is 3.52. The van der Waals surface area contributed by atoms with Gasteiger partial charge in [0, 0.05) is 17.6 Å². The number of primary amides is 1. The molecule has 1 fully saturated rings. The molecule has 0 spiro atoms. The van der Waals surface area contributed by atoms with Gasteiger partial charge in [0.15, 0.2) is 0 Å². The zero-order chi connectivity index (χ0) is 15.4. The molecule has 2 atom stereocenters. The van der Waals surface area contributed by atoms with Crippen molar-refractivity contribution in [1.29, 1.82) is 0 Å². The van der Waals surface area contributed by atoms with Crippen molar-refractivity contribution in [3.63, 3.8) is 0 Å². The highest BCUT2D eigenvalue weighted by Crippen LogP contribution is 2.24. The number of benzene rings is 1. The molecule has 2 unspecified atom stereocenters. The number of carbonyl (C=O) groups is 2. The zero-order valence-electron chi connectivity index (χ0n) is 11.7. The Hall–Kier alpha value is -1.44. The van der Waals surface area contributed by atoms with E-state index < -0.39 is 12.1 Å². The number of rotatable bonds is 3. The van der Waals surface area contributed by atoms with E-state index in [9.17, 15) is 9.59 Å². The van der Waals surface area contributed by atoms with Crippen LogP contribution in [0.1, 0.15) is 18.6 Å². The van der Waals surface area contributed by atoms with E-state index in [2.05, 4.69) is 21.2 Å². The maximum atomic E-state index is 11.8. The van der Waals surface area contributed by atoms with E-state index in [1.807, 2.05) is 29.2 Å². The summed E-state index contributed by atoms with van der Waals surface area (Å²) in [5, 5.41) is 2.11. The van der Waals surface area contributed by atoms with E-state index >= 15 is 0 Å². The molecular weight excluding hydrogens is 338 g/mol. The molecule has 3 amide bonds. The third-order valence-corrected chi connectivity index (χ3v) is 4.04. The molecular formula is C14H18BrN3O3. The number of imide groups is 1. The first-order valence-electron chi connectivity index (χ1n) is 6.69.